The van der Waals surface area contributed by atoms with Crippen molar-refractivity contribution >= 4 is 21.8 Å². The largest absolute Gasteiger partial charge is 0.363 e. The fraction of sp³-hybridized carbons (Fsp3) is 0.692. The smallest absolute Gasteiger partial charge is 0.242 e. The molecule has 0 bridgehead atoms. The zero-order valence-corrected chi connectivity index (χ0v) is 13.6. The number of hydrogen-bond donors (Lipinski definition) is 3. The van der Waals surface area contributed by atoms with Crippen LogP contribution >= 0.6 is 11.8 Å². The van der Waals surface area contributed by atoms with Crippen molar-refractivity contribution in [1.82, 2.24) is 15.0 Å². The van der Waals surface area contributed by atoms with E-state index >= 15 is 0 Å². The molecule has 5 nitrogen and oxygen atoms in total. The molecule has 1 saturated carbocycles. The van der Waals surface area contributed by atoms with Gasteiger partial charge in [0, 0.05) is 29.7 Å². The van der Waals surface area contributed by atoms with Gasteiger partial charge in [-0.2, -0.15) is 11.8 Å². The summed E-state index contributed by atoms with van der Waals surface area (Å²) < 4.78 is 27.4. The topological polar surface area (TPSA) is 74.0 Å². The summed E-state index contributed by atoms with van der Waals surface area (Å²) in [4.78, 5) is 3.34. The highest BCUT2D eigenvalue weighted by Gasteiger charge is 2.28. The molecule has 0 aromatic carbocycles. The van der Waals surface area contributed by atoms with Gasteiger partial charge >= 0.3 is 0 Å². The van der Waals surface area contributed by atoms with Crippen LogP contribution in [-0.2, 0) is 16.6 Å². The van der Waals surface area contributed by atoms with Crippen LogP contribution in [0.2, 0.25) is 0 Å². The summed E-state index contributed by atoms with van der Waals surface area (Å²) in [6.07, 6.45) is 6.60. The summed E-state index contributed by atoms with van der Waals surface area (Å²) in [5.74, 6) is 0. The third kappa shape index (κ3) is 4.00. The number of H-pyrrole nitrogens is 1. The second-order valence-corrected chi connectivity index (χ2v) is 7.98. The molecule has 0 amide bonds. The maximum absolute atomic E-state index is 12.3. The summed E-state index contributed by atoms with van der Waals surface area (Å²) in [5, 5.41) is 3.75. The summed E-state index contributed by atoms with van der Waals surface area (Å²) >= 11 is 1.82. The first-order valence-electron chi connectivity index (χ1n) is 6.98. The van der Waals surface area contributed by atoms with Crippen molar-refractivity contribution in [3.8, 4) is 0 Å². The molecular weight excluding hydrogens is 294 g/mol. The van der Waals surface area contributed by atoms with Crippen molar-refractivity contribution < 1.29 is 8.42 Å². The standard InChI is InChI=1S/C13H23N3O2S2/c1-3-14-8-11-7-13(9-15-11)20(17,18)16-10-4-5-12(6-10)19-2/h7,9-10,12,14-16H,3-6,8H2,1-2H3. The monoisotopic (exact) mass is 317 g/mol. The minimum absolute atomic E-state index is 0.0737. The Bertz CT molecular complexity index is 527. The first-order valence-corrected chi connectivity index (χ1v) is 9.75. The average Bonchev–Trinajstić information content (AvgIpc) is 3.04. The Hall–Kier alpha value is -0.500. The molecule has 114 valence electrons. The van der Waals surface area contributed by atoms with Crippen LogP contribution in [0.5, 0.6) is 0 Å². The Morgan fingerprint density at radius 1 is 1.45 bits per heavy atom. The Morgan fingerprint density at radius 2 is 2.25 bits per heavy atom. The van der Waals surface area contributed by atoms with E-state index in [2.05, 4.69) is 21.3 Å². The van der Waals surface area contributed by atoms with Gasteiger partial charge in [0.1, 0.15) is 0 Å². The molecular formula is C13H23N3O2S2. The van der Waals surface area contributed by atoms with E-state index in [1.807, 2.05) is 18.7 Å². The summed E-state index contributed by atoms with van der Waals surface area (Å²) in [7, 11) is -3.40. The van der Waals surface area contributed by atoms with E-state index in [0.29, 0.717) is 16.7 Å². The summed E-state index contributed by atoms with van der Waals surface area (Å²) in [6, 6.07) is 1.77. The molecule has 1 aromatic rings. The molecule has 2 unspecified atom stereocenters. The number of hydrogen-bond acceptors (Lipinski definition) is 4. The van der Waals surface area contributed by atoms with E-state index in [9.17, 15) is 8.42 Å². The van der Waals surface area contributed by atoms with Gasteiger partial charge in [-0.05, 0) is 38.1 Å². The van der Waals surface area contributed by atoms with Gasteiger partial charge in [0.2, 0.25) is 10.0 Å². The van der Waals surface area contributed by atoms with Crippen molar-refractivity contribution in [3.05, 3.63) is 18.0 Å². The number of thioether (sulfide) groups is 1. The lowest BCUT2D eigenvalue weighted by atomic mass is 10.3. The second-order valence-electron chi connectivity index (χ2n) is 5.13. The van der Waals surface area contributed by atoms with Crippen LogP contribution in [0.1, 0.15) is 31.9 Å². The lowest BCUT2D eigenvalue weighted by molar-refractivity contribution is 0.552. The van der Waals surface area contributed by atoms with Crippen LogP contribution in [0, 0.1) is 0 Å². The highest BCUT2D eigenvalue weighted by Crippen LogP contribution is 2.29. The van der Waals surface area contributed by atoms with Crippen LogP contribution in [0.4, 0.5) is 0 Å². The molecule has 1 fully saturated rings. The van der Waals surface area contributed by atoms with E-state index in [1.54, 1.807) is 12.3 Å². The fourth-order valence-electron chi connectivity index (χ4n) is 2.48. The lowest BCUT2D eigenvalue weighted by Crippen LogP contribution is -2.32. The Morgan fingerprint density at radius 3 is 2.90 bits per heavy atom. The van der Waals surface area contributed by atoms with Crippen molar-refractivity contribution in [2.75, 3.05) is 12.8 Å². The SMILES string of the molecule is CCNCc1cc(S(=O)(=O)NC2CCC(SC)C2)c[nH]1. The van der Waals surface area contributed by atoms with Gasteiger partial charge in [-0.1, -0.05) is 6.92 Å². The Labute approximate surface area is 125 Å². The Kier molecular flexibility index (Phi) is 5.54. The van der Waals surface area contributed by atoms with Gasteiger partial charge in [-0.3, -0.25) is 0 Å². The maximum Gasteiger partial charge on any atom is 0.242 e. The fourth-order valence-corrected chi connectivity index (χ4v) is 4.58. The van der Waals surface area contributed by atoms with Gasteiger partial charge in [0.05, 0.1) is 4.90 Å². The van der Waals surface area contributed by atoms with E-state index in [4.69, 9.17) is 0 Å². The molecule has 3 N–H and O–H groups in total. The van der Waals surface area contributed by atoms with Crippen molar-refractivity contribution in [1.29, 1.82) is 0 Å². The van der Waals surface area contributed by atoms with E-state index in [1.165, 1.54) is 0 Å². The van der Waals surface area contributed by atoms with Crippen molar-refractivity contribution in [2.24, 2.45) is 0 Å². The molecule has 0 aliphatic heterocycles. The van der Waals surface area contributed by atoms with Crippen LogP contribution in [0.15, 0.2) is 17.2 Å². The van der Waals surface area contributed by atoms with Gasteiger partial charge in [-0.25, -0.2) is 13.1 Å². The highest BCUT2D eigenvalue weighted by molar-refractivity contribution is 7.99. The third-order valence-corrected chi connectivity index (χ3v) is 6.23. The zero-order valence-electron chi connectivity index (χ0n) is 12.0. The van der Waals surface area contributed by atoms with E-state index in [0.717, 1.165) is 31.5 Å². The van der Waals surface area contributed by atoms with Crippen molar-refractivity contribution in [3.63, 3.8) is 0 Å². The lowest BCUT2D eigenvalue weighted by Gasteiger charge is -2.12. The zero-order chi connectivity index (χ0) is 14.6. The quantitative estimate of drug-likeness (QED) is 0.715. The molecule has 0 saturated heterocycles. The number of aromatic amines is 1. The van der Waals surface area contributed by atoms with Gasteiger partial charge < -0.3 is 10.3 Å². The van der Waals surface area contributed by atoms with Crippen LogP contribution < -0.4 is 10.0 Å². The number of sulfonamides is 1. The first kappa shape index (κ1) is 15.9. The second kappa shape index (κ2) is 6.98. The Balaban J connectivity index is 1.98. The third-order valence-electron chi connectivity index (χ3n) is 3.63. The highest BCUT2D eigenvalue weighted by atomic mass is 32.2. The minimum Gasteiger partial charge on any atom is -0.363 e. The van der Waals surface area contributed by atoms with Crippen LogP contribution in [0.25, 0.3) is 0 Å². The molecule has 2 rings (SSSR count). The van der Waals surface area contributed by atoms with Gasteiger partial charge in [0.25, 0.3) is 0 Å². The molecule has 0 radical (unpaired) electrons. The molecule has 20 heavy (non-hydrogen) atoms. The predicted octanol–water partition coefficient (Wildman–Crippen LogP) is 1.69. The molecule has 1 aliphatic carbocycles. The van der Waals surface area contributed by atoms with Crippen LogP contribution in [-0.4, -0.2) is 37.5 Å². The molecule has 1 aliphatic rings. The van der Waals surface area contributed by atoms with E-state index in [-0.39, 0.29) is 6.04 Å². The normalized spacial score (nSPS) is 23.3. The minimum atomic E-state index is -3.40. The summed E-state index contributed by atoms with van der Waals surface area (Å²) in [6.45, 7) is 3.53. The van der Waals surface area contributed by atoms with Gasteiger partial charge in [0.15, 0.2) is 0 Å². The molecule has 1 aromatic heterocycles. The number of rotatable bonds is 7. The average molecular weight is 317 g/mol. The number of aromatic nitrogens is 1. The van der Waals surface area contributed by atoms with Crippen LogP contribution in [0.3, 0.4) is 0 Å². The van der Waals surface area contributed by atoms with Crippen molar-refractivity contribution in [2.45, 2.75) is 48.9 Å². The number of nitrogens with one attached hydrogen (secondary N) is 3. The molecule has 1 heterocycles. The first-order chi connectivity index (χ1) is 9.55. The van der Waals surface area contributed by atoms with E-state index < -0.39 is 10.0 Å². The molecule has 7 heteroatoms. The molecule has 0 spiro atoms. The summed E-state index contributed by atoms with van der Waals surface area (Å²) in [5.41, 5.74) is 0.889. The molecule has 2 atom stereocenters. The predicted molar refractivity (Wildman–Crippen MR) is 83.4 cm³/mol. The van der Waals surface area contributed by atoms with Gasteiger partial charge in [-0.15, -0.1) is 0 Å². The maximum atomic E-state index is 12.3.